The molecule has 2 unspecified atom stereocenters. The maximum atomic E-state index is 11.6. The van der Waals surface area contributed by atoms with Gasteiger partial charge in [0.2, 0.25) is 0 Å². The lowest BCUT2D eigenvalue weighted by Gasteiger charge is -2.22. The van der Waals surface area contributed by atoms with Gasteiger partial charge in [-0.25, -0.2) is 13.4 Å². The number of rotatable bonds is 6. The zero-order chi connectivity index (χ0) is 13.9. The van der Waals surface area contributed by atoms with Gasteiger partial charge < -0.3 is 5.32 Å². The lowest BCUT2D eigenvalue weighted by Crippen LogP contribution is -2.30. The van der Waals surface area contributed by atoms with E-state index in [1.54, 1.807) is 11.3 Å². The van der Waals surface area contributed by atoms with E-state index in [9.17, 15) is 8.42 Å². The fourth-order valence-corrected chi connectivity index (χ4v) is 5.50. The topological polar surface area (TPSA) is 59.1 Å². The van der Waals surface area contributed by atoms with Crippen molar-refractivity contribution in [2.75, 3.05) is 24.6 Å². The summed E-state index contributed by atoms with van der Waals surface area (Å²) >= 11 is 1.72. The summed E-state index contributed by atoms with van der Waals surface area (Å²) in [5.41, 5.74) is 0. The van der Waals surface area contributed by atoms with Crippen molar-refractivity contribution in [1.82, 2.24) is 10.3 Å². The minimum Gasteiger partial charge on any atom is -0.317 e. The zero-order valence-corrected chi connectivity index (χ0v) is 13.2. The number of thiazole rings is 1. The van der Waals surface area contributed by atoms with Crippen LogP contribution in [0.2, 0.25) is 0 Å². The summed E-state index contributed by atoms with van der Waals surface area (Å²) in [4.78, 5) is 5.55. The van der Waals surface area contributed by atoms with Crippen molar-refractivity contribution in [2.24, 2.45) is 11.8 Å². The number of aromatic nitrogens is 1. The first-order valence-corrected chi connectivity index (χ1v) is 9.46. The van der Waals surface area contributed by atoms with Crippen molar-refractivity contribution in [1.29, 1.82) is 0 Å². The average Bonchev–Trinajstić information content (AvgIpc) is 2.90. The summed E-state index contributed by atoms with van der Waals surface area (Å²) in [6.07, 6.45) is 3.69. The standard InChI is InChI=1S/C13H22N2O2S2/c1-3-14-7-12(6-13-8-15-10(2)18-13)11-4-5-19(16,17)9-11/h8,11-12,14H,3-7,9H2,1-2H3. The Bertz CT molecular complexity index is 510. The SMILES string of the molecule is CCNCC(Cc1cnc(C)s1)C1CCS(=O)(=O)C1. The predicted molar refractivity (Wildman–Crippen MR) is 79.3 cm³/mol. The van der Waals surface area contributed by atoms with Gasteiger partial charge in [0.25, 0.3) is 0 Å². The molecular formula is C13H22N2O2S2. The van der Waals surface area contributed by atoms with E-state index in [4.69, 9.17) is 0 Å². The molecule has 4 nitrogen and oxygen atoms in total. The Balaban J connectivity index is 2.03. The summed E-state index contributed by atoms with van der Waals surface area (Å²) in [5.74, 6) is 1.42. The summed E-state index contributed by atoms with van der Waals surface area (Å²) < 4.78 is 23.3. The van der Waals surface area contributed by atoms with Crippen LogP contribution in [0.25, 0.3) is 0 Å². The van der Waals surface area contributed by atoms with E-state index in [1.165, 1.54) is 4.88 Å². The third-order valence-electron chi connectivity index (χ3n) is 3.72. The van der Waals surface area contributed by atoms with Crippen molar-refractivity contribution in [3.8, 4) is 0 Å². The van der Waals surface area contributed by atoms with E-state index in [-0.39, 0.29) is 0 Å². The maximum Gasteiger partial charge on any atom is 0.150 e. The molecule has 2 rings (SSSR count). The molecule has 1 saturated heterocycles. The van der Waals surface area contributed by atoms with Crippen LogP contribution in [0, 0.1) is 18.8 Å². The van der Waals surface area contributed by atoms with Gasteiger partial charge in [0.1, 0.15) is 0 Å². The van der Waals surface area contributed by atoms with Gasteiger partial charge in [-0.05, 0) is 44.7 Å². The number of aryl methyl sites for hydroxylation is 1. The highest BCUT2D eigenvalue weighted by Gasteiger charge is 2.33. The van der Waals surface area contributed by atoms with Crippen LogP contribution in [0.5, 0.6) is 0 Å². The largest absolute Gasteiger partial charge is 0.317 e. The molecule has 0 bridgehead atoms. The highest BCUT2D eigenvalue weighted by molar-refractivity contribution is 7.91. The fourth-order valence-electron chi connectivity index (χ4n) is 2.69. The number of hydrogen-bond acceptors (Lipinski definition) is 5. The van der Waals surface area contributed by atoms with Crippen molar-refractivity contribution >= 4 is 21.2 Å². The fraction of sp³-hybridized carbons (Fsp3) is 0.769. The third kappa shape index (κ3) is 4.26. The van der Waals surface area contributed by atoms with Crippen molar-refractivity contribution in [3.05, 3.63) is 16.1 Å². The van der Waals surface area contributed by atoms with Crippen LogP contribution in [0.15, 0.2) is 6.20 Å². The van der Waals surface area contributed by atoms with Gasteiger partial charge in [0, 0.05) is 11.1 Å². The van der Waals surface area contributed by atoms with Gasteiger partial charge in [0.05, 0.1) is 16.5 Å². The molecule has 0 aromatic carbocycles. The van der Waals surface area contributed by atoms with Gasteiger partial charge in [-0.3, -0.25) is 0 Å². The molecule has 1 aliphatic heterocycles. The molecule has 108 valence electrons. The second-order valence-corrected chi connectivity index (χ2v) is 8.83. The first-order chi connectivity index (χ1) is 9.00. The third-order valence-corrected chi connectivity index (χ3v) is 6.45. The highest BCUT2D eigenvalue weighted by atomic mass is 32.2. The van der Waals surface area contributed by atoms with Crippen molar-refractivity contribution < 1.29 is 8.42 Å². The Morgan fingerprint density at radius 1 is 1.58 bits per heavy atom. The highest BCUT2D eigenvalue weighted by Crippen LogP contribution is 2.29. The average molecular weight is 302 g/mol. The smallest absolute Gasteiger partial charge is 0.150 e. The van der Waals surface area contributed by atoms with Crippen LogP contribution in [-0.2, 0) is 16.3 Å². The maximum absolute atomic E-state index is 11.6. The summed E-state index contributed by atoms with van der Waals surface area (Å²) in [5, 5.41) is 4.45. The minimum absolute atomic E-state index is 0.298. The molecular weight excluding hydrogens is 280 g/mol. The number of nitrogens with zero attached hydrogens (tertiary/aromatic N) is 1. The Kier molecular flexibility index (Phi) is 4.97. The van der Waals surface area contributed by atoms with E-state index in [1.807, 2.05) is 13.1 Å². The van der Waals surface area contributed by atoms with Crippen LogP contribution < -0.4 is 5.32 Å². The first-order valence-electron chi connectivity index (χ1n) is 6.82. The van der Waals surface area contributed by atoms with Crippen LogP contribution in [0.4, 0.5) is 0 Å². The molecule has 1 fully saturated rings. The van der Waals surface area contributed by atoms with E-state index in [0.717, 1.165) is 30.9 Å². The molecule has 0 amide bonds. The molecule has 1 aliphatic rings. The molecule has 1 N–H and O–H groups in total. The molecule has 2 atom stereocenters. The van der Waals surface area contributed by atoms with Crippen molar-refractivity contribution in [2.45, 2.75) is 26.7 Å². The monoisotopic (exact) mass is 302 g/mol. The van der Waals surface area contributed by atoms with Gasteiger partial charge in [-0.2, -0.15) is 0 Å². The molecule has 1 aromatic rings. The minimum atomic E-state index is -2.79. The second-order valence-electron chi connectivity index (χ2n) is 5.28. The quantitative estimate of drug-likeness (QED) is 0.868. The predicted octanol–water partition coefficient (Wildman–Crippen LogP) is 1.65. The van der Waals surface area contributed by atoms with E-state index < -0.39 is 9.84 Å². The van der Waals surface area contributed by atoms with Crippen molar-refractivity contribution in [3.63, 3.8) is 0 Å². The first kappa shape index (κ1) is 14.9. The normalized spacial score (nSPS) is 23.6. The molecule has 1 aromatic heterocycles. The Morgan fingerprint density at radius 2 is 2.37 bits per heavy atom. The lowest BCUT2D eigenvalue weighted by atomic mass is 9.88. The Hall–Kier alpha value is -0.460. The van der Waals surface area contributed by atoms with Crippen LogP contribution in [0.3, 0.4) is 0 Å². The van der Waals surface area contributed by atoms with Crippen LogP contribution >= 0.6 is 11.3 Å². The molecule has 6 heteroatoms. The summed E-state index contributed by atoms with van der Waals surface area (Å²) in [6.45, 7) is 5.91. The number of sulfone groups is 1. The zero-order valence-electron chi connectivity index (χ0n) is 11.6. The van der Waals surface area contributed by atoms with Crippen LogP contribution in [0.1, 0.15) is 23.2 Å². The van der Waals surface area contributed by atoms with Gasteiger partial charge in [-0.15, -0.1) is 11.3 Å². The number of nitrogens with one attached hydrogen (secondary N) is 1. The Labute approximate surface area is 119 Å². The molecule has 0 spiro atoms. The molecule has 2 heterocycles. The van der Waals surface area contributed by atoms with E-state index in [0.29, 0.717) is 23.3 Å². The molecule has 0 saturated carbocycles. The second kappa shape index (κ2) is 6.33. The van der Waals surface area contributed by atoms with Gasteiger partial charge in [-0.1, -0.05) is 6.92 Å². The number of hydrogen-bond donors (Lipinski definition) is 1. The summed E-state index contributed by atoms with van der Waals surface area (Å²) in [7, 11) is -2.79. The Morgan fingerprint density at radius 3 is 2.89 bits per heavy atom. The van der Waals surface area contributed by atoms with Gasteiger partial charge >= 0.3 is 0 Å². The lowest BCUT2D eigenvalue weighted by molar-refractivity contribution is 0.347. The van der Waals surface area contributed by atoms with E-state index >= 15 is 0 Å². The van der Waals surface area contributed by atoms with E-state index in [2.05, 4.69) is 17.2 Å². The summed E-state index contributed by atoms with van der Waals surface area (Å²) in [6, 6.07) is 0. The van der Waals surface area contributed by atoms with Crippen LogP contribution in [-0.4, -0.2) is 38.0 Å². The van der Waals surface area contributed by atoms with Gasteiger partial charge in [0.15, 0.2) is 9.84 Å². The molecule has 0 aliphatic carbocycles. The molecule has 19 heavy (non-hydrogen) atoms. The molecule has 0 radical (unpaired) electrons.